The topological polar surface area (TPSA) is 105 Å². The number of fused-ring (bicyclic) bond motifs is 1. The zero-order chi connectivity index (χ0) is 21.5. The number of para-hydroxylation sites is 2. The molecule has 1 aromatic heterocycles. The molecule has 158 valence electrons. The summed E-state index contributed by atoms with van der Waals surface area (Å²) in [5.74, 6) is 0.954. The van der Waals surface area contributed by atoms with E-state index in [0.717, 1.165) is 16.6 Å². The van der Waals surface area contributed by atoms with Gasteiger partial charge in [-0.25, -0.2) is 4.98 Å². The molecule has 3 rings (SSSR count). The smallest absolute Gasteiger partial charge is 0.248 e. The number of aromatic amines is 1. The van der Waals surface area contributed by atoms with Crippen molar-refractivity contribution in [3.8, 4) is 11.5 Å². The normalized spacial score (nSPS) is 11.7. The van der Waals surface area contributed by atoms with E-state index >= 15 is 0 Å². The molecule has 0 saturated carbocycles. The van der Waals surface area contributed by atoms with Crippen LogP contribution in [-0.4, -0.2) is 41.0 Å². The van der Waals surface area contributed by atoms with Gasteiger partial charge in [-0.2, -0.15) is 0 Å². The lowest BCUT2D eigenvalue weighted by Gasteiger charge is -2.14. The van der Waals surface area contributed by atoms with Crippen molar-refractivity contribution in [2.75, 3.05) is 18.5 Å². The highest BCUT2D eigenvalue weighted by Crippen LogP contribution is 2.28. The minimum Gasteiger partial charge on any atom is -0.490 e. The first kappa shape index (κ1) is 21.2. The molecule has 0 aliphatic carbocycles. The van der Waals surface area contributed by atoms with E-state index in [9.17, 15) is 9.59 Å². The van der Waals surface area contributed by atoms with E-state index in [-0.39, 0.29) is 18.2 Å². The van der Waals surface area contributed by atoms with Gasteiger partial charge in [-0.1, -0.05) is 18.2 Å². The first-order valence-electron chi connectivity index (χ1n) is 9.93. The van der Waals surface area contributed by atoms with E-state index in [1.165, 1.54) is 0 Å². The Kier molecular flexibility index (Phi) is 6.90. The van der Waals surface area contributed by atoms with Crippen LogP contribution in [0.4, 0.5) is 5.95 Å². The Bertz CT molecular complexity index is 998. The quantitative estimate of drug-likeness (QED) is 0.503. The van der Waals surface area contributed by atoms with Gasteiger partial charge in [0.2, 0.25) is 17.8 Å². The Hall–Kier alpha value is -3.55. The zero-order valence-corrected chi connectivity index (χ0v) is 17.3. The zero-order valence-electron chi connectivity index (χ0n) is 17.3. The predicted molar refractivity (Wildman–Crippen MR) is 115 cm³/mol. The number of ether oxygens (including phenoxy) is 2. The molecule has 0 spiro atoms. The molecule has 0 aliphatic rings. The van der Waals surface area contributed by atoms with Crippen LogP contribution in [-0.2, 0) is 16.0 Å². The molecule has 30 heavy (non-hydrogen) atoms. The summed E-state index contributed by atoms with van der Waals surface area (Å²) in [5.41, 5.74) is 2.35. The van der Waals surface area contributed by atoms with Gasteiger partial charge >= 0.3 is 0 Å². The van der Waals surface area contributed by atoms with Crippen molar-refractivity contribution >= 4 is 28.8 Å². The maximum Gasteiger partial charge on any atom is 0.248 e. The average Bonchev–Trinajstić information content (AvgIpc) is 3.12. The standard InChI is InChI=1S/C22H26N4O4/c1-4-29-18-11-10-15(12-19(18)30-5-2)13-20(27)23-14(3)21(28)26-22-24-16-8-6-7-9-17(16)25-22/h6-12,14H,4-5,13H2,1-3H3,(H,23,27)(H2,24,25,26,28)/t14-/m1/s1. The largest absolute Gasteiger partial charge is 0.490 e. The molecule has 0 bridgehead atoms. The minimum absolute atomic E-state index is 0.120. The molecule has 3 aromatic rings. The van der Waals surface area contributed by atoms with Gasteiger partial charge in [0.25, 0.3) is 0 Å². The van der Waals surface area contributed by atoms with Gasteiger partial charge in [0.05, 0.1) is 30.7 Å². The van der Waals surface area contributed by atoms with E-state index < -0.39 is 6.04 Å². The molecule has 3 N–H and O–H groups in total. The number of hydrogen-bond acceptors (Lipinski definition) is 5. The van der Waals surface area contributed by atoms with Gasteiger partial charge in [-0.3, -0.25) is 14.9 Å². The van der Waals surface area contributed by atoms with Crippen molar-refractivity contribution in [1.29, 1.82) is 0 Å². The molecule has 0 radical (unpaired) electrons. The van der Waals surface area contributed by atoms with Crippen molar-refractivity contribution in [2.45, 2.75) is 33.2 Å². The summed E-state index contributed by atoms with van der Waals surface area (Å²) < 4.78 is 11.1. The Morgan fingerprint density at radius 3 is 2.53 bits per heavy atom. The Labute approximate surface area is 175 Å². The van der Waals surface area contributed by atoms with Crippen molar-refractivity contribution in [1.82, 2.24) is 15.3 Å². The number of amides is 2. The fraction of sp³-hybridized carbons (Fsp3) is 0.318. The van der Waals surface area contributed by atoms with Gasteiger partial charge in [-0.15, -0.1) is 0 Å². The van der Waals surface area contributed by atoms with Gasteiger partial charge < -0.3 is 19.8 Å². The summed E-state index contributed by atoms with van der Waals surface area (Å²) in [6.07, 6.45) is 0.120. The van der Waals surface area contributed by atoms with E-state index in [1.54, 1.807) is 19.1 Å². The third kappa shape index (κ3) is 5.28. The van der Waals surface area contributed by atoms with Crippen LogP contribution in [0.3, 0.4) is 0 Å². The number of rotatable bonds is 9. The van der Waals surface area contributed by atoms with Crippen molar-refractivity contribution in [3.63, 3.8) is 0 Å². The Morgan fingerprint density at radius 2 is 1.80 bits per heavy atom. The number of nitrogens with one attached hydrogen (secondary N) is 3. The Morgan fingerprint density at radius 1 is 1.07 bits per heavy atom. The number of carbonyl (C=O) groups is 2. The highest BCUT2D eigenvalue weighted by Gasteiger charge is 2.18. The third-order valence-corrected chi connectivity index (χ3v) is 4.37. The van der Waals surface area contributed by atoms with Crippen molar-refractivity contribution in [2.24, 2.45) is 0 Å². The van der Waals surface area contributed by atoms with Gasteiger partial charge in [0, 0.05) is 0 Å². The molecular formula is C22H26N4O4. The third-order valence-electron chi connectivity index (χ3n) is 4.37. The summed E-state index contributed by atoms with van der Waals surface area (Å²) in [7, 11) is 0. The van der Waals surface area contributed by atoms with Gasteiger partial charge in [0.15, 0.2) is 11.5 Å². The van der Waals surface area contributed by atoms with E-state index in [4.69, 9.17) is 9.47 Å². The highest BCUT2D eigenvalue weighted by molar-refractivity contribution is 5.97. The van der Waals surface area contributed by atoms with Crippen LogP contribution >= 0.6 is 0 Å². The maximum absolute atomic E-state index is 12.4. The van der Waals surface area contributed by atoms with Crippen LogP contribution in [0.5, 0.6) is 11.5 Å². The number of H-pyrrole nitrogens is 1. The predicted octanol–water partition coefficient (Wildman–Crippen LogP) is 3.05. The van der Waals surface area contributed by atoms with E-state index in [2.05, 4.69) is 20.6 Å². The summed E-state index contributed by atoms with van der Waals surface area (Å²) in [6.45, 7) is 6.43. The number of aromatic nitrogens is 2. The SMILES string of the molecule is CCOc1ccc(CC(=O)N[C@H](C)C(=O)Nc2nc3ccccc3[nH]2)cc1OCC. The number of benzene rings is 2. The molecule has 0 aliphatic heterocycles. The average molecular weight is 410 g/mol. The van der Waals surface area contributed by atoms with Gasteiger partial charge in [0.1, 0.15) is 6.04 Å². The summed E-state index contributed by atoms with van der Waals surface area (Å²) >= 11 is 0. The van der Waals surface area contributed by atoms with E-state index in [0.29, 0.717) is 30.7 Å². The molecule has 8 heteroatoms. The van der Waals surface area contributed by atoms with Crippen LogP contribution < -0.4 is 20.1 Å². The molecule has 2 amide bonds. The molecule has 8 nitrogen and oxygen atoms in total. The van der Waals surface area contributed by atoms with Crippen LogP contribution in [0.1, 0.15) is 26.3 Å². The van der Waals surface area contributed by atoms with Crippen LogP contribution in [0.15, 0.2) is 42.5 Å². The second-order valence-electron chi connectivity index (χ2n) is 6.70. The van der Waals surface area contributed by atoms with Crippen LogP contribution in [0, 0.1) is 0 Å². The van der Waals surface area contributed by atoms with Crippen LogP contribution in [0.2, 0.25) is 0 Å². The number of carbonyl (C=O) groups excluding carboxylic acids is 2. The molecule has 0 unspecified atom stereocenters. The molecule has 1 atom stereocenters. The van der Waals surface area contributed by atoms with Crippen LogP contribution in [0.25, 0.3) is 11.0 Å². The monoisotopic (exact) mass is 410 g/mol. The first-order chi connectivity index (χ1) is 14.5. The van der Waals surface area contributed by atoms with Crippen molar-refractivity contribution in [3.05, 3.63) is 48.0 Å². The molecule has 0 fully saturated rings. The fourth-order valence-electron chi connectivity index (χ4n) is 2.99. The van der Waals surface area contributed by atoms with E-state index in [1.807, 2.05) is 44.2 Å². The number of hydrogen-bond donors (Lipinski definition) is 3. The molecule has 1 heterocycles. The molecule has 2 aromatic carbocycles. The number of nitrogens with zero attached hydrogens (tertiary/aromatic N) is 1. The lowest BCUT2D eigenvalue weighted by Crippen LogP contribution is -2.42. The second kappa shape index (κ2) is 9.78. The van der Waals surface area contributed by atoms with Crippen molar-refractivity contribution < 1.29 is 19.1 Å². The fourth-order valence-corrected chi connectivity index (χ4v) is 2.99. The lowest BCUT2D eigenvalue weighted by molar-refractivity contribution is -0.125. The lowest BCUT2D eigenvalue weighted by atomic mass is 10.1. The summed E-state index contributed by atoms with van der Waals surface area (Å²) in [6, 6.07) is 12.1. The minimum atomic E-state index is -0.722. The molecule has 0 saturated heterocycles. The summed E-state index contributed by atoms with van der Waals surface area (Å²) in [5, 5.41) is 5.40. The Balaban J connectivity index is 1.58. The first-order valence-corrected chi connectivity index (χ1v) is 9.93. The second-order valence-corrected chi connectivity index (χ2v) is 6.70. The highest BCUT2D eigenvalue weighted by atomic mass is 16.5. The maximum atomic E-state index is 12.4. The number of anilines is 1. The summed E-state index contributed by atoms with van der Waals surface area (Å²) in [4.78, 5) is 32.2. The van der Waals surface area contributed by atoms with Gasteiger partial charge in [-0.05, 0) is 50.6 Å². The molecular weight excluding hydrogens is 384 g/mol. The number of imidazole rings is 1.